The SMILES string of the molecule is CCN(CC)c1ccc(C(=O)Nc2ccc(NC(=O)CN3CCOCC3)cc2)cn1. The molecular formula is C22H29N5O3. The van der Waals surface area contributed by atoms with Crippen molar-refractivity contribution in [1.82, 2.24) is 9.88 Å². The van der Waals surface area contributed by atoms with E-state index in [0.717, 1.165) is 32.0 Å². The van der Waals surface area contributed by atoms with Crippen molar-refractivity contribution >= 4 is 29.0 Å². The highest BCUT2D eigenvalue weighted by Gasteiger charge is 2.14. The van der Waals surface area contributed by atoms with Crippen molar-refractivity contribution < 1.29 is 14.3 Å². The number of hydrogen-bond donors (Lipinski definition) is 2. The second-order valence-electron chi connectivity index (χ2n) is 7.05. The number of benzene rings is 1. The van der Waals surface area contributed by atoms with E-state index in [9.17, 15) is 9.59 Å². The molecule has 3 rings (SSSR count). The number of morpholine rings is 1. The minimum absolute atomic E-state index is 0.0620. The first kappa shape index (κ1) is 21.7. The molecule has 0 bridgehead atoms. The van der Waals surface area contributed by atoms with Gasteiger partial charge in [-0.3, -0.25) is 14.5 Å². The molecule has 0 saturated carbocycles. The summed E-state index contributed by atoms with van der Waals surface area (Å²) in [6.07, 6.45) is 1.59. The van der Waals surface area contributed by atoms with Crippen molar-refractivity contribution in [2.24, 2.45) is 0 Å². The van der Waals surface area contributed by atoms with Crippen LogP contribution in [0.4, 0.5) is 17.2 Å². The summed E-state index contributed by atoms with van der Waals surface area (Å²) in [7, 11) is 0. The highest BCUT2D eigenvalue weighted by atomic mass is 16.5. The van der Waals surface area contributed by atoms with Gasteiger partial charge < -0.3 is 20.3 Å². The minimum atomic E-state index is -0.224. The van der Waals surface area contributed by atoms with E-state index in [0.29, 0.717) is 36.7 Å². The third kappa shape index (κ3) is 6.01. The third-order valence-electron chi connectivity index (χ3n) is 4.99. The van der Waals surface area contributed by atoms with Crippen LogP contribution in [0, 0.1) is 0 Å². The molecule has 1 saturated heterocycles. The Balaban J connectivity index is 1.52. The maximum Gasteiger partial charge on any atom is 0.257 e. The van der Waals surface area contributed by atoms with E-state index in [1.165, 1.54) is 0 Å². The molecule has 160 valence electrons. The molecule has 0 spiro atoms. The number of amides is 2. The summed E-state index contributed by atoms with van der Waals surface area (Å²) < 4.78 is 5.29. The Bertz CT molecular complexity index is 829. The summed E-state index contributed by atoms with van der Waals surface area (Å²) in [6.45, 7) is 9.07. The van der Waals surface area contributed by atoms with Crippen LogP contribution in [0.1, 0.15) is 24.2 Å². The monoisotopic (exact) mass is 411 g/mol. The van der Waals surface area contributed by atoms with Gasteiger partial charge in [0.15, 0.2) is 0 Å². The van der Waals surface area contributed by atoms with Crippen molar-refractivity contribution in [1.29, 1.82) is 0 Å². The molecule has 30 heavy (non-hydrogen) atoms. The van der Waals surface area contributed by atoms with Gasteiger partial charge in [0.1, 0.15) is 5.82 Å². The van der Waals surface area contributed by atoms with Crippen molar-refractivity contribution in [2.75, 3.05) is 61.5 Å². The fourth-order valence-corrected chi connectivity index (χ4v) is 3.26. The number of nitrogens with one attached hydrogen (secondary N) is 2. The zero-order chi connectivity index (χ0) is 21.3. The number of rotatable bonds is 8. The number of aromatic nitrogens is 1. The normalized spacial score (nSPS) is 14.2. The lowest BCUT2D eigenvalue weighted by Crippen LogP contribution is -2.41. The lowest BCUT2D eigenvalue weighted by Gasteiger charge is -2.25. The van der Waals surface area contributed by atoms with Crippen LogP contribution in [0.25, 0.3) is 0 Å². The van der Waals surface area contributed by atoms with Gasteiger partial charge in [-0.25, -0.2) is 4.98 Å². The first-order valence-corrected chi connectivity index (χ1v) is 10.3. The van der Waals surface area contributed by atoms with Crippen molar-refractivity contribution in [3.8, 4) is 0 Å². The van der Waals surface area contributed by atoms with Gasteiger partial charge in [0.25, 0.3) is 5.91 Å². The second-order valence-corrected chi connectivity index (χ2v) is 7.05. The van der Waals surface area contributed by atoms with E-state index in [1.807, 2.05) is 6.07 Å². The molecule has 0 atom stereocenters. The molecule has 1 aromatic carbocycles. The van der Waals surface area contributed by atoms with E-state index in [4.69, 9.17) is 4.74 Å². The van der Waals surface area contributed by atoms with E-state index < -0.39 is 0 Å². The first-order valence-electron chi connectivity index (χ1n) is 10.3. The van der Waals surface area contributed by atoms with Crippen molar-refractivity contribution in [3.05, 3.63) is 48.2 Å². The van der Waals surface area contributed by atoms with Crippen LogP contribution in [0.3, 0.4) is 0 Å². The van der Waals surface area contributed by atoms with Gasteiger partial charge in [-0.1, -0.05) is 0 Å². The Kier molecular flexibility index (Phi) is 7.75. The van der Waals surface area contributed by atoms with Gasteiger partial charge in [0, 0.05) is 43.8 Å². The molecule has 2 aromatic rings. The molecule has 8 heteroatoms. The molecule has 2 amide bonds. The molecule has 1 fully saturated rings. The summed E-state index contributed by atoms with van der Waals surface area (Å²) in [6, 6.07) is 10.7. The molecule has 0 radical (unpaired) electrons. The van der Waals surface area contributed by atoms with E-state index in [-0.39, 0.29) is 11.8 Å². The number of pyridine rings is 1. The molecular weight excluding hydrogens is 382 g/mol. The van der Waals surface area contributed by atoms with Gasteiger partial charge in [-0.2, -0.15) is 0 Å². The van der Waals surface area contributed by atoms with Crippen LogP contribution in [0.2, 0.25) is 0 Å². The predicted octanol–water partition coefficient (Wildman–Crippen LogP) is 2.45. The fraction of sp³-hybridized carbons (Fsp3) is 0.409. The number of nitrogens with zero attached hydrogens (tertiary/aromatic N) is 3. The Morgan fingerprint density at radius 1 is 1.00 bits per heavy atom. The van der Waals surface area contributed by atoms with Gasteiger partial charge in [-0.15, -0.1) is 0 Å². The molecule has 0 unspecified atom stereocenters. The number of carbonyl (C=O) groups is 2. The van der Waals surface area contributed by atoms with Crippen LogP contribution in [-0.2, 0) is 9.53 Å². The average molecular weight is 412 g/mol. The second kappa shape index (κ2) is 10.7. The first-order chi connectivity index (χ1) is 14.6. The third-order valence-corrected chi connectivity index (χ3v) is 4.99. The lowest BCUT2D eigenvalue weighted by molar-refractivity contribution is -0.118. The van der Waals surface area contributed by atoms with Gasteiger partial charge >= 0.3 is 0 Å². The minimum Gasteiger partial charge on any atom is -0.379 e. The Morgan fingerprint density at radius 2 is 1.63 bits per heavy atom. The zero-order valence-electron chi connectivity index (χ0n) is 17.6. The van der Waals surface area contributed by atoms with Crippen molar-refractivity contribution in [2.45, 2.75) is 13.8 Å². The maximum atomic E-state index is 12.5. The molecule has 1 aliphatic rings. The summed E-state index contributed by atoms with van der Waals surface area (Å²) in [5.41, 5.74) is 1.84. The maximum absolute atomic E-state index is 12.5. The Labute approximate surface area is 177 Å². The predicted molar refractivity (Wildman–Crippen MR) is 118 cm³/mol. The molecule has 2 heterocycles. The Hall–Kier alpha value is -2.97. The largest absolute Gasteiger partial charge is 0.379 e. The smallest absolute Gasteiger partial charge is 0.257 e. The van der Waals surface area contributed by atoms with Crippen molar-refractivity contribution in [3.63, 3.8) is 0 Å². The molecule has 0 aliphatic carbocycles. The fourth-order valence-electron chi connectivity index (χ4n) is 3.26. The van der Waals surface area contributed by atoms with E-state index >= 15 is 0 Å². The standard InChI is InChI=1S/C22H29N5O3/c1-3-27(4-2)20-10-5-17(15-23-20)22(29)25-19-8-6-18(7-9-19)24-21(28)16-26-11-13-30-14-12-26/h5-10,15H,3-4,11-14,16H2,1-2H3,(H,24,28)(H,25,29). The van der Waals surface area contributed by atoms with Crippen LogP contribution in [-0.4, -0.2) is 67.6 Å². The Morgan fingerprint density at radius 3 is 2.20 bits per heavy atom. The summed E-state index contributed by atoms with van der Waals surface area (Å²) in [5.74, 6) is 0.569. The van der Waals surface area contributed by atoms with E-state index in [1.54, 1.807) is 36.5 Å². The zero-order valence-corrected chi connectivity index (χ0v) is 17.6. The molecule has 1 aromatic heterocycles. The molecule has 8 nitrogen and oxygen atoms in total. The van der Waals surface area contributed by atoms with Crippen LogP contribution < -0.4 is 15.5 Å². The van der Waals surface area contributed by atoms with Crippen LogP contribution >= 0.6 is 0 Å². The number of hydrogen-bond acceptors (Lipinski definition) is 6. The molecule has 2 N–H and O–H groups in total. The average Bonchev–Trinajstić information content (AvgIpc) is 2.77. The lowest BCUT2D eigenvalue weighted by atomic mass is 10.2. The van der Waals surface area contributed by atoms with Crippen LogP contribution in [0.5, 0.6) is 0 Å². The van der Waals surface area contributed by atoms with Gasteiger partial charge in [-0.05, 0) is 50.2 Å². The van der Waals surface area contributed by atoms with Gasteiger partial charge in [0.2, 0.25) is 5.91 Å². The highest BCUT2D eigenvalue weighted by molar-refractivity contribution is 6.04. The summed E-state index contributed by atoms with van der Waals surface area (Å²) in [4.78, 5) is 33.2. The summed E-state index contributed by atoms with van der Waals surface area (Å²) >= 11 is 0. The summed E-state index contributed by atoms with van der Waals surface area (Å²) in [5, 5.41) is 5.73. The topological polar surface area (TPSA) is 86.8 Å². The number of ether oxygens (including phenoxy) is 1. The highest BCUT2D eigenvalue weighted by Crippen LogP contribution is 2.16. The van der Waals surface area contributed by atoms with Gasteiger partial charge in [0.05, 0.1) is 25.3 Å². The number of carbonyl (C=O) groups excluding carboxylic acids is 2. The molecule has 1 aliphatic heterocycles. The number of anilines is 3. The quantitative estimate of drug-likeness (QED) is 0.694. The van der Waals surface area contributed by atoms with Crippen LogP contribution in [0.15, 0.2) is 42.6 Å². The van der Waals surface area contributed by atoms with E-state index in [2.05, 4.69) is 39.3 Å².